The second kappa shape index (κ2) is 11.2. The van der Waals surface area contributed by atoms with Crippen LogP contribution in [-0.4, -0.2) is 5.16 Å². The summed E-state index contributed by atoms with van der Waals surface area (Å²) in [5.41, 5.74) is 4.87. The molecule has 1 nitrogen and oxygen atoms in total. The molecule has 0 aromatic heterocycles. The highest BCUT2D eigenvalue weighted by Crippen LogP contribution is 2.25. The van der Waals surface area contributed by atoms with Gasteiger partial charge >= 0.3 is 0 Å². The number of hydrogen-bond donors (Lipinski definition) is 0. The Morgan fingerprint density at radius 2 is 1.50 bits per heavy atom. The lowest BCUT2D eigenvalue weighted by molar-refractivity contribution is 0.587. The third-order valence-corrected chi connectivity index (χ3v) is 4.93. The average Bonchev–Trinajstić information content (AvgIpc) is 2.78. The summed E-state index contributed by atoms with van der Waals surface area (Å²) in [6.07, 6.45) is 3.19. The van der Waals surface area contributed by atoms with Gasteiger partial charge in [-0.05, 0) is 78.7 Å². The molecule has 0 aliphatic heterocycles. The molecule has 0 saturated carbocycles. The van der Waals surface area contributed by atoms with E-state index in [2.05, 4.69) is 66.9 Å². The van der Waals surface area contributed by atoms with Gasteiger partial charge in [0.25, 0.3) is 0 Å². The molecule has 0 N–H and O–H groups in total. The molecule has 0 unspecified atom stereocenters. The van der Waals surface area contributed by atoms with Crippen molar-refractivity contribution in [3.05, 3.63) is 88.5 Å². The minimum Gasteiger partial charge on any atom is -0.204 e. The third kappa shape index (κ3) is 5.99. The van der Waals surface area contributed by atoms with E-state index in [0.29, 0.717) is 0 Å². The number of benzene rings is 3. The van der Waals surface area contributed by atoms with Crippen LogP contribution in [0.15, 0.2) is 59.6 Å². The largest absolute Gasteiger partial charge is 0.204 e. The van der Waals surface area contributed by atoms with Gasteiger partial charge in [0.1, 0.15) is 5.69 Å². The van der Waals surface area contributed by atoms with Gasteiger partial charge in [-0.3, -0.25) is 0 Å². The lowest BCUT2D eigenvalue weighted by Crippen LogP contribution is -1.87. The zero-order valence-corrected chi connectivity index (χ0v) is 18.7. The van der Waals surface area contributed by atoms with Gasteiger partial charge in [-0.25, -0.2) is 8.78 Å². The van der Waals surface area contributed by atoms with Gasteiger partial charge in [-0.15, -0.1) is 0 Å². The summed E-state index contributed by atoms with van der Waals surface area (Å²) in [5, 5.41) is 1.97. The van der Waals surface area contributed by atoms with Gasteiger partial charge in [0.15, 0.2) is 11.6 Å². The van der Waals surface area contributed by atoms with Crippen molar-refractivity contribution in [2.24, 2.45) is 4.99 Å². The van der Waals surface area contributed by atoms with E-state index in [1.807, 2.05) is 35.5 Å². The molecule has 3 aromatic rings. The number of isothiocyanates is 1. The molecule has 3 rings (SSSR count). The Labute approximate surface area is 193 Å². The van der Waals surface area contributed by atoms with Gasteiger partial charge in [0, 0.05) is 23.1 Å². The van der Waals surface area contributed by atoms with Crippen LogP contribution in [0.3, 0.4) is 0 Å². The predicted octanol–water partition coefficient (Wildman–Crippen LogP) is 7.62. The average molecular weight is 442 g/mol. The van der Waals surface area contributed by atoms with Crippen LogP contribution >= 0.6 is 12.2 Å². The predicted molar refractivity (Wildman–Crippen MR) is 130 cm³/mol. The first kappa shape index (κ1) is 23.1. The summed E-state index contributed by atoms with van der Waals surface area (Å²) < 4.78 is 27.9. The molecular formula is C28H21F2NS. The van der Waals surface area contributed by atoms with Crippen molar-refractivity contribution in [3.8, 4) is 34.8 Å². The van der Waals surface area contributed by atoms with Crippen molar-refractivity contribution in [1.82, 2.24) is 0 Å². The van der Waals surface area contributed by atoms with Gasteiger partial charge in [0.2, 0.25) is 0 Å². The number of hydrogen-bond acceptors (Lipinski definition) is 2. The Balaban J connectivity index is 1.78. The molecule has 0 bridgehead atoms. The Bertz CT molecular complexity index is 1270. The highest BCUT2D eigenvalue weighted by molar-refractivity contribution is 7.78. The van der Waals surface area contributed by atoms with Crippen LogP contribution in [0.5, 0.6) is 0 Å². The Morgan fingerprint density at radius 3 is 2.12 bits per heavy atom. The smallest absolute Gasteiger partial charge is 0.153 e. The van der Waals surface area contributed by atoms with Gasteiger partial charge < -0.3 is 0 Å². The van der Waals surface area contributed by atoms with Crippen molar-refractivity contribution in [2.75, 3.05) is 0 Å². The fourth-order valence-electron chi connectivity index (χ4n) is 3.16. The van der Waals surface area contributed by atoms with Crippen LogP contribution in [0.1, 0.15) is 48.4 Å². The standard InChI is InChI=1S/C28H21F2NS/c1-3-4-5-6-7-22-12-15-25(20(2)16-22)24-13-10-21(11-14-24)8-9-23-17-26(29)28(31-19-32)27(30)18-23/h10-18H,3-5H2,1-2H3. The number of thiocarbonyl (C=S) groups is 1. The Morgan fingerprint density at radius 1 is 0.844 bits per heavy atom. The van der Waals surface area contributed by atoms with Crippen molar-refractivity contribution < 1.29 is 8.78 Å². The Kier molecular flexibility index (Phi) is 8.07. The number of rotatable bonds is 4. The van der Waals surface area contributed by atoms with Crippen LogP contribution in [0, 0.1) is 42.2 Å². The molecule has 0 radical (unpaired) electrons. The number of unbranched alkanes of at least 4 members (excludes halogenated alkanes) is 2. The fourth-order valence-corrected chi connectivity index (χ4v) is 3.25. The topological polar surface area (TPSA) is 12.4 Å². The maximum absolute atomic E-state index is 13.9. The molecule has 0 aliphatic carbocycles. The molecule has 0 fully saturated rings. The first-order valence-corrected chi connectivity index (χ1v) is 10.7. The quantitative estimate of drug-likeness (QED) is 0.176. The zero-order chi connectivity index (χ0) is 22.9. The zero-order valence-electron chi connectivity index (χ0n) is 17.9. The van der Waals surface area contributed by atoms with Gasteiger partial charge in [-0.1, -0.05) is 55.2 Å². The molecule has 0 heterocycles. The van der Waals surface area contributed by atoms with Crippen LogP contribution in [0.4, 0.5) is 14.5 Å². The first-order chi connectivity index (χ1) is 15.5. The molecule has 0 saturated heterocycles. The van der Waals surface area contributed by atoms with Crippen LogP contribution in [0.2, 0.25) is 0 Å². The SMILES string of the molecule is CCCCC#Cc1ccc(-c2ccc(C#Cc3cc(F)c(N=C=S)c(F)c3)cc2)c(C)c1. The summed E-state index contributed by atoms with van der Waals surface area (Å²) in [4.78, 5) is 3.40. The summed E-state index contributed by atoms with van der Waals surface area (Å²) >= 11 is 4.40. The maximum atomic E-state index is 13.9. The molecule has 0 atom stereocenters. The van der Waals surface area contributed by atoms with Gasteiger partial charge in [0.05, 0.1) is 5.16 Å². The molecule has 32 heavy (non-hydrogen) atoms. The number of halogens is 2. The van der Waals surface area contributed by atoms with Crippen molar-refractivity contribution in [3.63, 3.8) is 0 Å². The summed E-state index contributed by atoms with van der Waals surface area (Å²) in [6, 6.07) is 16.2. The van der Waals surface area contributed by atoms with E-state index in [0.717, 1.165) is 59.2 Å². The van der Waals surface area contributed by atoms with E-state index in [4.69, 9.17) is 0 Å². The molecular weight excluding hydrogens is 420 g/mol. The van der Waals surface area contributed by atoms with Crippen LogP contribution < -0.4 is 0 Å². The minimum absolute atomic E-state index is 0.221. The van der Waals surface area contributed by atoms with E-state index >= 15 is 0 Å². The fraction of sp³-hybridized carbons (Fsp3) is 0.179. The van der Waals surface area contributed by atoms with Gasteiger partial charge in [-0.2, -0.15) is 4.99 Å². The second-order valence-electron chi connectivity index (χ2n) is 7.25. The van der Waals surface area contributed by atoms with Crippen molar-refractivity contribution >= 4 is 23.1 Å². The highest BCUT2D eigenvalue weighted by atomic mass is 32.1. The first-order valence-electron chi connectivity index (χ1n) is 10.3. The molecule has 0 amide bonds. The third-order valence-electron chi connectivity index (χ3n) is 4.84. The normalized spacial score (nSPS) is 9.75. The molecule has 158 valence electrons. The minimum atomic E-state index is -0.823. The van der Waals surface area contributed by atoms with E-state index < -0.39 is 17.3 Å². The second-order valence-corrected chi connectivity index (χ2v) is 7.44. The summed E-state index contributed by atoms with van der Waals surface area (Å²) in [6.45, 7) is 4.23. The lowest BCUT2D eigenvalue weighted by Gasteiger charge is -2.07. The molecule has 0 spiro atoms. The summed E-state index contributed by atoms with van der Waals surface area (Å²) in [5.74, 6) is 10.5. The van der Waals surface area contributed by atoms with E-state index in [9.17, 15) is 8.78 Å². The summed E-state index contributed by atoms with van der Waals surface area (Å²) in [7, 11) is 0. The Hall–Kier alpha value is -3.56. The highest BCUT2D eigenvalue weighted by Gasteiger charge is 2.09. The van der Waals surface area contributed by atoms with E-state index in [-0.39, 0.29) is 5.56 Å². The van der Waals surface area contributed by atoms with E-state index in [1.165, 1.54) is 0 Å². The number of aliphatic imine (C=N–C) groups is 1. The number of aryl methyl sites for hydroxylation is 1. The maximum Gasteiger partial charge on any atom is 0.153 e. The molecule has 0 aliphatic rings. The van der Waals surface area contributed by atoms with Crippen LogP contribution in [0.25, 0.3) is 11.1 Å². The van der Waals surface area contributed by atoms with E-state index in [1.54, 1.807) is 0 Å². The monoisotopic (exact) mass is 441 g/mol. The van der Waals surface area contributed by atoms with Crippen molar-refractivity contribution in [1.29, 1.82) is 0 Å². The lowest BCUT2D eigenvalue weighted by atomic mass is 9.97. The number of nitrogens with zero attached hydrogens (tertiary/aromatic N) is 1. The van der Waals surface area contributed by atoms with Crippen molar-refractivity contribution in [2.45, 2.75) is 33.1 Å². The molecule has 4 heteroatoms. The molecule has 3 aromatic carbocycles. The van der Waals surface area contributed by atoms with Crippen LogP contribution in [-0.2, 0) is 0 Å².